The van der Waals surface area contributed by atoms with Gasteiger partial charge in [-0.25, -0.2) is 4.79 Å². The summed E-state index contributed by atoms with van der Waals surface area (Å²) < 4.78 is 10.2. The lowest BCUT2D eigenvalue weighted by molar-refractivity contribution is -0.123. The van der Waals surface area contributed by atoms with Gasteiger partial charge in [-0.1, -0.05) is 42.5 Å². The maximum atomic E-state index is 12.5. The molecule has 0 saturated carbocycles. The number of carbonyl (C=O) groups excluding carboxylic acids is 2. The summed E-state index contributed by atoms with van der Waals surface area (Å²) in [4.78, 5) is 24.8. The number of phenols is 1. The molecular formula is C21H19NO5. The third-order valence-electron chi connectivity index (χ3n) is 4.14. The van der Waals surface area contributed by atoms with Crippen LogP contribution in [0.2, 0.25) is 0 Å². The third-order valence-corrected chi connectivity index (χ3v) is 4.14. The van der Waals surface area contributed by atoms with Crippen LogP contribution in [0.3, 0.4) is 0 Å². The second kappa shape index (κ2) is 7.78. The summed E-state index contributed by atoms with van der Waals surface area (Å²) in [6, 6.07) is 17.7. The van der Waals surface area contributed by atoms with Crippen molar-refractivity contribution in [2.45, 2.75) is 13.0 Å². The zero-order chi connectivity index (χ0) is 19.4. The number of benzene rings is 3. The van der Waals surface area contributed by atoms with E-state index >= 15 is 0 Å². The fraction of sp³-hybridized carbons (Fsp3) is 0.143. The highest BCUT2D eigenvalue weighted by Crippen LogP contribution is 2.30. The Labute approximate surface area is 156 Å². The zero-order valence-electron chi connectivity index (χ0n) is 14.9. The van der Waals surface area contributed by atoms with Crippen molar-refractivity contribution < 1.29 is 24.2 Å². The van der Waals surface area contributed by atoms with Gasteiger partial charge in [-0.05, 0) is 30.5 Å². The topological polar surface area (TPSA) is 84.9 Å². The van der Waals surface area contributed by atoms with Gasteiger partial charge in [0.05, 0.1) is 7.11 Å². The van der Waals surface area contributed by atoms with Crippen LogP contribution in [0.25, 0.3) is 10.8 Å². The molecule has 1 amide bonds. The van der Waals surface area contributed by atoms with Crippen LogP contribution >= 0.6 is 0 Å². The van der Waals surface area contributed by atoms with Crippen molar-refractivity contribution >= 4 is 28.3 Å². The van der Waals surface area contributed by atoms with E-state index < -0.39 is 18.0 Å². The quantitative estimate of drug-likeness (QED) is 0.673. The van der Waals surface area contributed by atoms with Crippen LogP contribution in [0.1, 0.15) is 17.3 Å². The number of hydrogen-bond acceptors (Lipinski definition) is 5. The molecule has 3 aromatic carbocycles. The number of aromatic hydroxyl groups is 1. The molecule has 0 aromatic heterocycles. The van der Waals surface area contributed by atoms with Crippen LogP contribution in [0.4, 0.5) is 5.69 Å². The Morgan fingerprint density at radius 2 is 1.70 bits per heavy atom. The Morgan fingerprint density at radius 1 is 1.00 bits per heavy atom. The number of para-hydroxylation sites is 1. The molecule has 1 atom stereocenters. The number of methoxy groups -OCH3 is 1. The van der Waals surface area contributed by atoms with E-state index in [0.717, 1.165) is 10.8 Å². The van der Waals surface area contributed by atoms with E-state index in [1.165, 1.54) is 26.2 Å². The number of amides is 1. The number of ether oxygens (including phenoxy) is 2. The minimum Gasteiger partial charge on any atom is -0.504 e. The number of nitrogens with one attached hydrogen (secondary N) is 1. The maximum Gasteiger partial charge on any atom is 0.342 e. The molecule has 3 rings (SSSR count). The molecule has 138 valence electrons. The van der Waals surface area contributed by atoms with Crippen molar-refractivity contribution in [2.24, 2.45) is 0 Å². The molecule has 27 heavy (non-hydrogen) atoms. The summed E-state index contributed by atoms with van der Waals surface area (Å²) in [5.41, 5.74) is 0.560. The van der Waals surface area contributed by atoms with Gasteiger partial charge in [0.1, 0.15) is 5.56 Å². The first-order chi connectivity index (χ1) is 13.0. The molecule has 0 aliphatic heterocycles. The van der Waals surface area contributed by atoms with E-state index in [-0.39, 0.29) is 17.1 Å². The zero-order valence-corrected chi connectivity index (χ0v) is 14.9. The molecule has 0 aliphatic carbocycles. The first-order valence-electron chi connectivity index (χ1n) is 8.37. The van der Waals surface area contributed by atoms with Gasteiger partial charge < -0.3 is 19.9 Å². The van der Waals surface area contributed by atoms with Gasteiger partial charge in [0.25, 0.3) is 5.91 Å². The number of fused-ring (bicyclic) bond motifs is 1. The first-order valence-corrected chi connectivity index (χ1v) is 8.37. The number of phenolic OH excluding ortho intramolecular Hbond substituents is 1. The van der Waals surface area contributed by atoms with E-state index in [1.54, 1.807) is 12.1 Å². The number of hydrogen-bond donors (Lipinski definition) is 2. The first kappa shape index (κ1) is 18.3. The van der Waals surface area contributed by atoms with Gasteiger partial charge in [0.2, 0.25) is 0 Å². The molecular weight excluding hydrogens is 346 g/mol. The summed E-state index contributed by atoms with van der Waals surface area (Å²) in [6.45, 7) is 1.47. The minimum absolute atomic E-state index is 0.0702. The van der Waals surface area contributed by atoms with Crippen molar-refractivity contribution in [1.82, 2.24) is 0 Å². The summed E-state index contributed by atoms with van der Waals surface area (Å²) in [6.07, 6.45) is -1.05. The molecule has 0 aliphatic rings. The Balaban J connectivity index is 1.73. The van der Waals surface area contributed by atoms with Crippen LogP contribution in [-0.4, -0.2) is 30.2 Å². The number of anilines is 1. The average Bonchev–Trinajstić information content (AvgIpc) is 2.68. The predicted molar refractivity (Wildman–Crippen MR) is 102 cm³/mol. The van der Waals surface area contributed by atoms with Gasteiger partial charge in [-0.2, -0.15) is 0 Å². The third kappa shape index (κ3) is 3.84. The summed E-state index contributed by atoms with van der Waals surface area (Å²) in [5, 5.41) is 14.7. The highest BCUT2D eigenvalue weighted by atomic mass is 16.5. The lowest BCUT2D eigenvalue weighted by Crippen LogP contribution is -2.30. The average molecular weight is 365 g/mol. The van der Waals surface area contributed by atoms with Crippen LogP contribution in [-0.2, 0) is 9.53 Å². The molecule has 6 nitrogen and oxygen atoms in total. The van der Waals surface area contributed by atoms with Crippen molar-refractivity contribution in [2.75, 3.05) is 12.4 Å². The van der Waals surface area contributed by atoms with Gasteiger partial charge in [-0.15, -0.1) is 0 Å². The Morgan fingerprint density at radius 3 is 2.48 bits per heavy atom. The second-order valence-electron chi connectivity index (χ2n) is 5.92. The van der Waals surface area contributed by atoms with Crippen LogP contribution in [0.15, 0.2) is 60.7 Å². The number of carbonyl (C=O) groups is 2. The normalized spacial score (nSPS) is 11.6. The number of esters is 1. The van der Waals surface area contributed by atoms with Crippen molar-refractivity contribution in [3.63, 3.8) is 0 Å². The predicted octanol–water partition coefficient (Wildman–Crippen LogP) is 3.74. The summed E-state index contributed by atoms with van der Waals surface area (Å²) in [7, 11) is 1.38. The molecule has 6 heteroatoms. The molecule has 0 heterocycles. The highest BCUT2D eigenvalue weighted by molar-refractivity contribution is 6.04. The smallest absolute Gasteiger partial charge is 0.342 e. The summed E-state index contributed by atoms with van der Waals surface area (Å²) in [5.74, 6) is -1.46. The lowest BCUT2D eigenvalue weighted by Gasteiger charge is -2.15. The minimum atomic E-state index is -1.05. The molecule has 0 radical (unpaired) electrons. The van der Waals surface area contributed by atoms with Crippen molar-refractivity contribution in [3.8, 4) is 11.5 Å². The van der Waals surface area contributed by atoms with Crippen LogP contribution in [0.5, 0.6) is 11.5 Å². The van der Waals surface area contributed by atoms with Gasteiger partial charge in [0.15, 0.2) is 17.6 Å². The lowest BCUT2D eigenvalue weighted by atomic mass is 10.1. The van der Waals surface area contributed by atoms with Crippen LogP contribution < -0.4 is 10.1 Å². The fourth-order valence-electron chi connectivity index (χ4n) is 2.70. The van der Waals surface area contributed by atoms with E-state index in [1.807, 2.05) is 36.4 Å². The van der Waals surface area contributed by atoms with Gasteiger partial charge in [0, 0.05) is 11.1 Å². The molecule has 0 fully saturated rings. The summed E-state index contributed by atoms with van der Waals surface area (Å²) >= 11 is 0. The van der Waals surface area contributed by atoms with Crippen molar-refractivity contribution in [1.29, 1.82) is 0 Å². The van der Waals surface area contributed by atoms with Crippen molar-refractivity contribution in [3.05, 3.63) is 66.2 Å². The molecule has 0 bridgehead atoms. The van der Waals surface area contributed by atoms with E-state index in [9.17, 15) is 14.7 Å². The molecule has 0 spiro atoms. The largest absolute Gasteiger partial charge is 0.504 e. The SMILES string of the molecule is COc1cccc(C(=O)O[C@@H](C)C(=O)Nc2cccc3ccccc23)c1O. The van der Waals surface area contributed by atoms with E-state index in [2.05, 4.69) is 5.32 Å². The van der Waals surface area contributed by atoms with E-state index in [4.69, 9.17) is 9.47 Å². The van der Waals surface area contributed by atoms with Gasteiger partial charge in [-0.3, -0.25) is 4.79 Å². The van der Waals surface area contributed by atoms with E-state index in [0.29, 0.717) is 5.69 Å². The highest BCUT2D eigenvalue weighted by Gasteiger charge is 2.22. The number of rotatable bonds is 5. The Bertz CT molecular complexity index is 994. The van der Waals surface area contributed by atoms with Gasteiger partial charge >= 0.3 is 5.97 Å². The molecule has 0 unspecified atom stereocenters. The Kier molecular flexibility index (Phi) is 5.26. The Hall–Kier alpha value is -3.54. The molecule has 2 N–H and O–H groups in total. The second-order valence-corrected chi connectivity index (χ2v) is 5.92. The fourth-order valence-corrected chi connectivity index (χ4v) is 2.70. The standard InChI is InChI=1S/C21H19NO5/c1-13(27-21(25)16-10-6-12-18(26-2)19(16)23)20(24)22-17-11-5-8-14-7-3-4-9-15(14)17/h3-13,23H,1-2H3,(H,22,24)/t13-/m0/s1. The molecule has 0 saturated heterocycles. The van der Waals surface area contributed by atoms with Crippen LogP contribution in [0, 0.1) is 0 Å². The molecule has 3 aromatic rings. The monoisotopic (exact) mass is 365 g/mol. The maximum absolute atomic E-state index is 12.5.